The molecule has 110 valence electrons. The number of hydrogen-bond donors (Lipinski definition) is 2. The lowest BCUT2D eigenvalue weighted by Gasteiger charge is -2.23. The fourth-order valence-electron chi connectivity index (χ4n) is 2.41. The van der Waals surface area contributed by atoms with Crippen LogP contribution in [0.2, 0.25) is 0 Å². The quantitative estimate of drug-likeness (QED) is 0.840. The molecule has 2 N–H and O–H groups in total. The van der Waals surface area contributed by atoms with Crippen molar-refractivity contribution in [2.24, 2.45) is 11.3 Å². The molecule has 0 radical (unpaired) electrons. The molecule has 1 saturated carbocycles. The molecule has 2 unspecified atom stereocenters. The summed E-state index contributed by atoms with van der Waals surface area (Å²) >= 11 is 0. The zero-order valence-corrected chi connectivity index (χ0v) is 12.0. The standard InChI is InChI=1S/C16H22FNO2/c1-16(2,7-8-19)10-18-15(20)14-9-13(14)11-3-5-12(17)6-4-11/h3-6,13-14,19H,7-10H2,1-2H3,(H,18,20). The molecule has 1 amide bonds. The van der Waals surface area contributed by atoms with Crippen molar-refractivity contribution < 1.29 is 14.3 Å². The second kappa shape index (κ2) is 5.92. The number of aliphatic hydroxyl groups is 1. The number of aliphatic hydroxyl groups excluding tert-OH is 1. The van der Waals surface area contributed by atoms with E-state index >= 15 is 0 Å². The van der Waals surface area contributed by atoms with Gasteiger partial charge in [-0.05, 0) is 41.9 Å². The van der Waals surface area contributed by atoms with Gasteiger partial charge in [0, 0.05) is 19.1 Å². The van der Waals surface area contributed by atoms with E-state index in [0.29, 0.717) is 13.0 Å². The summed E-state index contributed by atoms with van der Waals surface area (Å²) in [4.78, 5) is 12.1. The molecule has 3 nitrogen and oxygen atoms in total. The Kier molecular flexibility index (Phi) is 4.43. The van der Waals surface area contributed by atoms with Crippen LogP contribution in [-0.2, 0) is 4.79 Å². The maximum atomic E-state index is 12.9. The number of benzene rings is 1. The summed E-state index contributed by atoms with van der Waals surface area (Å²) in [5.41, 5.74) is 0.936. The Balaban J connectivity index is 1.83. The Morgan fingerprint density at radius 3 is 2.65 bits per heavy atom. The van der Waals surface area contributed by atoms with Crippen molar-refractivity contribution in [1.82, 2.24) is 5.32 Å². The molecule has 0 bridgehead atoms. The zero-order valence-electron chi connectivity index (χ0n) is 12.0. The Labute approximate surface area is 119 Å². The van der Waals surface area contributed by atoms with Crippen LogP contribution in [0.15, 0.2) is 24.3 Å². The maximum Gasteiger partial charge on any atom is 0.223 e. The predicted molar refractivity (Wildman–Crippen MR) is 75.7 cm³/mol. The van der Waals surface area contributed by atoms with Crippen molar-refractivity contribution in [1.29, 1.82) is 0 Å². The van der Waals surface area contributed by atoms with Gasteiger partial charge in [-0.25, -0.2) is 4.39 Å². The fraction of sp³-hybridized carbons (Fsp3) is 0.562. The van der Waals surface area contributed by atoms with E-state index in [1.165, 1.54) is 12.1 Å². The summed E-state index contributed by atoms with van der Waals surface area (Å²) in [6.07, 6.45) is 1.50. The smallest absolute Gasteiger partial charge is 0.223 e. The molecule has 4 heteroatoms. The average molecular weight is 279 g/mol. The summed E-state index contributed by atoms with van der Waals surface area (Å²) in [6.45, 7) is 4.74. The van der Waals surface area contributed by atoms with Crippen molar-refractivity contribution in [2.45, 2.75) is 32.6 Å². The van der Waals surface area contributed by atoms with E-state index in [9.17, 15) is 9.18 Å². The third kappa shape index (κ3) is 3.79. The van der Waals surface area contributed by atoms with Crippen molar-refractivity contribution in [3.63, 3.8) is 0 Å². The zero-order chi connectivity index (χ0) is 14.8. The Morgan fingerprint density at radius 1 is 1.40 bits per heavy atom. The second-order valence-corrected chi connectivity index (χ2v) is 6.36. The largest absolute Gasteiger partial charge is 0.396 e. The minimum absolute atomic E-state index is 0.00499. The van der Waals surface area contributed by atoms with Gasteiger partial charge < -0.3 is 10.4 Å². The molecule has 2 atom stereocenters. The molecule has 0 saturated heterocycles. The lowest BCUT2D eigenvalue weighted by molar-refractivity contribution is -0.122. The maximum absolute atomic E-state index is 12.9. The summed E-state index contributed by atoms with van der Waals surface area (Å²) in [5.74, 6) is 0.0356. The molecule has 1 aliphatic carbocycles. The third-order valence-electron chi connectivity index (χ3n) is 3.96. The topological polar surface area (TPSA) is 49.3 Å². The fourth-order valence-corrected chi connectivity index (χ4v) is 2.41. The first-order valence-corrected chi connectivity index (χ1v) is 7.07. The highest BCUT2D eigenvalue weighted by Crippen LogP contribution is 2.47. The number of hydrogen-bond acceptors (Lipinski definition) is 2. The van der Waals surface area contributed by atoms with Gasteiger partial charge in [-0.1, -0.05) is 26.0 Å². The second-order valence-electron chi connectivity index (χ2n) is 6.36. The summed E-state index contributed by atoms with van der Waals surface area (Å²) < 4.78 is 12.9. The van der Waals surface area contributed by atoms with Crippen LogP contribution in [0.25, 0.3) is 0 Å². The highest BCUT2D eigenvalue weighted by molar-refractivity contribution is 5.82. The Bertz CT molecular complexity index is 470. The van der Waals surface area contributed by atoms with Crippen molar-refractivity contribution in [3.05, 3.63) is 35.6 Å². The molecule has 1 fully saturated rings. The molecule has 1 aromatic rings. The summed E-state index contributed by atoms with van der Waals surface area (Å²) in [6, 6.07) is 6.38. The number of carbonyl (C=O) groups excluding carboxylic acids is 1. The number of amides is 1. The number of nitrogens with one attached hydrogen (secondary N) is 1. The molecule has 0 spiro atoms. The molecule has 1 aromatic carbocycles. The molecule has 2 rings (SSSR count). The minimum Gasteiger partial charge on any atom is -0.396 e. The van der Waals surface area contributed by atoms with E-state index in [-0.39, 0.29) is 35.6 Å². The van der Waals surface area contributed by atoms with E-state index in [1.807, 2.05) is 13.8 Å². The van der Waals surface area contributed by atoms with Crippen molar-refractivity contribution in [3.8, 4) is 0 Å². The van der Waals surface area contributed by atoms with E-state index in [4.69, 9.17) is 5.11 Å². The van der Waals surface area contributed by atoms with E-state index in [2.05, 4.69) is 5.32 Å². The van der Waals surface area contributed by atoms with Gasteiger partial charge in [0.25, 0.3) is 0 Å². The van der Waals surface area contributed by atoms with Crippen LogP contribution in [0.5, 0.6) is 0 Å². The summed E-state index contributed by atoms with van der Waals surface area (Å²) in [7, 11) is 0. The van der Waals surface area contributed by atoms with E-state index in [0.717, 1.165) is 12.0 Å². The van der Waals surface area contributed by atoms with Gasteiger partial charge in [-0.3, -0.25) is 4.79 Å². The van der Waals surface area contributed by atoms with Crippen molar-refractivity contribution in [2.75, 3.05) is 13.2 Å². The highest BCUT2D eigenvalue weighted by Gasteiger charge is 2.44. The van der Waals surface area contributed by atoms with E-state index in [1.54, 1.807) is 12.1 Å². The molecule has 1 aliphatic rings. The lowest BCUT2D eigenvalue weighted by Crippen LogP contribution is -2.35. The van der Waals surface area contributed by atoms with Gasteiger partial charge in [0.2, 0.25) is 5.91 Å². The normalized spacial score (nSPS) is 21.6. The molecule has 20 heavy (non-hydrogen) atoms. The van der Waals surface area contributed by atoms with Crippen LogP contribution in [0, 0.1) is 17.2 Å². The monoisotopic (exact) mass is 279 g/mol. The molecular formula is C16H22FNO2. The van der Waals surface area contributed by atoms with Gasteiger partial charge in [-0.15, -0.1) is 0 Å². The number of halogens is 1. The molecule has 0 aliphatic heterocycles. The lowest BCUT2D eigenvalue weighted by atomic mass is 9.89. The molecule has 0 aromatic heterocycles. The van der Waals surface area contributed by atoms with Crippen LogP contribution < -0.4 is 5.32 Å². The molecule has 0 heterocycles. The van der Waals surface area contributed by atoms with Crippen molar-refractivity contribution >= 4 is 5.91 Å². The Morgan fingerprint density at radius 2 is 2.05 bits per heavy atom. The van der Waals surface area contributed by atoms with Crippen LogP contribution >= 0.6 is 0 Å². The first-order valence-electron chi connectivity index (χ1n) is 7.07. The van der Waals surface area contributed by atoms with Crippen LogP contribution in [0.3, 0.4) is 0 Å². The number of carbonyl (C=O) groups is 1. The average Bonchev–Trinajstić information content (AvgIpc) is 3.17. The van der Waals surface area contributed by atoms with Gasteiger partial charge >= 0.3 is 0 Å². The van der Waals surface area contributed by atoms with Gasteiger partial charge in [-0.2, -0.15) is 0 Å². The number of rotatable bonds is 6. The first-order chi connectivity index (χ1) is 9.43. The van der Waals surface area contributed by atoms with Gasteiger partial charge in [0.05, 0.1) is 0 Å². The van der Waals surface area contributed by atoms with E-state index < -0.39 is 0 Å². The van der Waals surface area contributed by atoms with Gasteiger partial charge in [0.1, 0.15) is 5.82 Å². The van der Waals surface area contributed by atoms with Gasteiger partial charge in [0.15, 0.2) is 0 Å². The van der Waals surface area contributed by atoms with Crippen LogP contribution in [0.4, 0.5) is 4.39 Å². The SMILES string of the molecule is CC(C)(CCO)CNC(=O)C1CC1c1ccc(F)cc1. The Hall–Kier alpha value is -1.42. The predicted octanol–water partition coefficient (Wildman–Crippen LogP) is 2.45. The highest BCUT2D eigenvalue weighted by atomic mass is 19.1. The first kappa shape index (κ1) is 15.0. The van der Waals surface area contributed by atoms with Crippen LogP contribution in [0.1, 0.15) is 38.2 Å². The minimum atomic E-state index is -0.249. The van der Waals surface area contributed by atoms with Crippen LogP contribution in [-0.4, -0.2) is 24.2 Å². The molecular weight excluding hydrogens is 257 g/mol. The third-order valence-corrected chi connectivity index (χ3v) is 3.96. The summed E-state index contributed by atoms with van der Waals surface area (Å²) in [5, 5.41) is 11.9.